The van der Waals surface area contributed by atoms with Crippen LogP contribution in [0.5, 0.6) is 11.5 Å². The maximum absolute atomic E-state index is 12.9. The molecule has 0 aromatic heterocycles. The lowest BCUT2D eigenvalue weighted by molar-refractivity contribution is 0.311. The van der Waals surface area contributed by atoms with Crippen LogP contribution in [0.25, 0.3) is 0 Å². The van der Waals surface area contributed by atoms with Gasteiger partial charge in [0.1, 0.15) is 5.82 Å². The molecule has 0 saturated carbocycles. The average molecular weight is 334 g/mol. The van der Waals surface area contributed by atoms with Crippen LogP contribution < -0.4 is 20.1 Å². The summed E-state index contributed by atoms with van der Waals surface area (Å²) in [6.45, 7) is 3.00. The average Bonchev–Trinajstić information content (AvgIpc) is 2.56. The predicted molar refractivity (Wildman–Crippen MR) is 93.6 cm³/mol. The summed E-state index contributed by atoms with van der Waals surface area (Å²) >= 11 is 5.26. The first-order valence-electron chi connectivity index (χ1n) is 7.22. The molecule has 0 bridgehead atoms. The minimum Gasteiger partial charge on any atom is -0.493 e. The summed E-state index contributed by atoms with van der Waals surface area (Å²) in [4.78, 5) is 0. The summed E-state index contributed by atoms with van der Waals surface area (Å²) in [6.07, 6.45) is 0. The van der Waals surface area contributed by atoms with E-state index >= 15 is 0 Å². The van der Waals surface area contributed by atoms with E-state index in [4.69, 9.17) is 21.7 Å². The molecular formula is C17H19FN2O2S. The molecule has 0 atom stereocenters. The quantitative estimate of drug-likeness (QED) is 0.788. The zero-order valence-corrected chi connectivity index (χ0v) is 13.9. The zero-order valence-electron chi connectivity index (χ0n) is 13.1. The minimum atomic E-state index is -0.254. The van der Waals surface area contributed by atoms with Crippen LogP contribution in [0.15, 0.2) is 42.5 Å². The lowest BCUT2D eigenvalue weighted by Crippen LogP contribution is -2.27. The largest absolute Gasteiger partial charge is 0.493 e. The molecule has 0 aliphatic carbocycles. The molecule has 2 aromatic carbocycles. The van der Waals surface area contributed by atoms with E-state index in [0.29, 0.717) is 29.8 Å². The molecule has 2 aromatic rings. The van der Waals surface area contributed by atoms with Gasteiger partial charge in [0.15, 0.2) is 16.6 Å². The molecule has 0 aliphatic heterocycles. The number of thiocarbonyl (C=S) groups is 1. The Balaban J connectivity index is 1.93. The molecule has 0 heterocycles. The van der Waals surface area contributed by atoms with Crippen LogP contribution in [0.4, 0.5) is 10.1 Å². The van der Waals surface area contributed by atoms with Crippen molar-refractivity contribution in [2.24, 2.45) is 0 Å². The fourth-order valence-electron chi connectivity index (χ4n) is 1.98. The van der Waals surface area contributed by atoms with E-state index in [-0.39, 0.29) is 5.82 Å². The van der Waals surface area contributed by atoms with Crippen molar-refractivity contribution in [3.8, 4) is 11.5 Å². The van der Waals surface area contributed by atoms with Gasteiger partial charge in [0.2, 0.25) is 0 Å². The van der Waals surface area contributed by atoms with Gasteiger partial charge in [-0.15, -0.1) is 0 Å². The number of hydrogen-bond donors (Lipinski definition) is 2. The topological polar surface area (TPSA) is 42.5 Å². The van der Waals surface area contributed by atoms with Crippen molar-refractivity contribution in [1.29, 1.82) is 0 Å². The van der Waals surface area contributed by atoms with Crippen LogP contribution in [-0.4, -0.2) is 18.8 Å². The summed E-state index contributed by atoms with van der Waals surface area (Å²) in [6, 6.07) is 11.8. The molecule has 122 valence electrons. The number of benzene rings is 2. The second-order valence-electron chi connectivity index (χ2n) is 4.73. The molecule has 23 heavy (non-hydrogen) atoms. The summed E-state index contributed by atoms with van der Waals surface area (Å²) in [5.41, 5.74) is 1.74. The van der Waals surface area contributed by atoms with Gasteiger partial charge in [0.25, 0.3) is 0 Å². The van der Waals surface area contributed by atoms with Gasteiger partial charge in [-0.3, -0.25) is 0 Å². The third-order valence-electron chi connectivity index (χ3n) is 3.09. The van der Waals surface area contributed by atoms with E-state index in [1.165, 1.54) is 12.1 Å². The molecular weight excluding hydrogens is 315 g/mol. The maximum atomic E-state index is 12.9. The Bertz CT molecular complexity index is 662. The highest BCUT2D eigenvalue weighted by Gasteiger charge is 2.06. The summed E-state index contributed by atoms with van der Waals surface area (Å²) in [5, 5.41) is 6.62. The molecule has 2 rings (SSSR count). The van der Waals surface area contributed by atoms with Crippen LogP contribution >= 0.6 is 12.2 Å². The Hall–Kier alpha value is -2.34. The molecule has 6 heteroatoms. The fourth-order valence-corrected chi connectivity index (χ4v) is 2.17. The monoisotopic (exact) mass is 334 g/mol. The number of nitrogens with one attached hydrogen (secondary N) is 2. The van der Waals surface area contributed by atoms with Gasteiger partial charge in [-0.25, -0.2) is 4.39 Å². The number of ether oxygens (including phenoxy) is 2. The van der Waals surface area contributed by atoms with Crippen molar-refractivity contribution >= 4 is 23.0 Å². The number of methoxy groups -OCH3 is 1. The molecule has 0 radical (unpaired) electrons. The third-order valence-corrected chi connectivity index (χ3v) is 3.33. The van der Waals surface area contributed by atoms with Gasteiger partial charge < -0.3 is 20.1 Å². The predicted octanol–water partition coefficient (Wildman–Crippen LogP) is 3.72. The van der Waals surface area contributed by atoms with E-state index in [9.17, 15) is 4.39 Å². The molecule has 0 unspecified atom stereocenters. The summed E-state index contributed by atoms with van der Waals surface area (Å²) < 4.78 is 23.6. The highest BCUT2D eigenvalue weighted by molar-refractivity contribution is 7.80. The van der Waals surface area contributed by atoms with Crippen LogP contribution in [-0.2, 0) is 6.54 Å². The van der Waals surface area contributed by atoms with E-state index in [1.54, 1.807) is 19.2 Å². The van der Waals surface area contributed by atoms with Crippen molar-refractivity contribution < 1.29 is 13.9 Å². The fraction of sp³-hybridized carbons (Fsp3) is 0.235. The standard InChI is InChI=1S/C17H19FN2O2S/c1-3-22-15-9-8-14(10-16(15)21-2)20-17(23)19-11-12-4-6-13(18)7-5-12/h4-10H,3,11H2,1-2H3,(H2,19,20,23). The Morgan fingerprint density at radius 3 is 2.52 bits per heavy atom. The minimum absolute atomic E-state index is 0.254. The third kappa shape index (κ3) is 5.10. The molecule has 0 amide bonds. The van der Waals surface area contributed by atoms with Gasteiger partial charge in [-0.1, -0.05) is 12.1 Å². The first-order valence-corrected chi connectivity index (χ1v) is 7.63. The van der Waals surface area contributed by atoms with Gasteiger partial charge in [0.05, 0.1) is 13.7 Å². The van der Waals surface area contributed by atoms with Crippen molar-refractivity contribution in [1.82, 2.24) is 5.32 Å². The molecule has 0 aliphatic rings. The Morgan fingerprint density at radius 2 is 1.87 bits per heavy atom. The lowest BCUT2D eigenvalue weighted by Gasteiger charge is -2.14. The summed E-state index contributed by atoms with van der Waals surface area (Å²) in [7, 11) is 1.59. The van der Waals surface area contributed by atoms with Crippen LogP contribution in [0, 0.1) is 5.82 Å². The summed E-state index contributed by atoms with van der Waals surface area (Å²) in [5.74, 6) is 1.07. The molecule has 0 saturated heterocycles. The van der Waals surface area contributed by atoms with Gasteiger partial charge in [0, 0.05) is 18.3 Å². The molecule has 0 fully saturated rings. The highest BCUT2D eigenvalue weighted by Crippen LogP contribution is 2.30. The first kappa shape index (κ1) is 17.0. The second-order valence-corrected chi connectivity index (χ2v) is 5.14. The number of anilines is 1. The van der Waals surface area contributed by atoms with Crippen molar-refractivity contribution in [3.63, 3.8) is 0 Å². The van der Waals surface area contributed by atoms with Gasteiger partial charge in [-0.05, 0) is 49.0 Å². The van der Waals surface area contributed by atoms with Crippen LogP contribution in [0.2, 0.25) is 0 Å². The number of rotatable bonds is 6. The van der Waals surface area contributed by atoms with Crippen LogP contribution in [0.1, 0.15) is 12.5 Å². The Labute approximate surface area is 140 Å². The lowest BCUT2D eigenvalue weighted by atomic mass is 10.2. The highest BCUT2D eigenvalue weighted by atomic mass is 32.1. The second kappa shape index (κ2) is 8.33. The van der Waals surface area contributed by atoms with Crippen molar-refractivity contribution in [2.75, 3.05) is 19.0 Å². The smallest absolute Gasteiger partial charge is 0.171 e. The Kier molecular flexibility index (Phi) is 6.17. The van der Waals surface area contributed by atoms with E-state index < -0.39 is 0 Å². The van der Waals surface area contributed by atoms with Gasteiger partial charge >= 0.3 is 0 Å². The molecule has 2 N–H and O–H groups in total. The van der Waals surface area contributed by atoms with E-state index in [1.807, 2.05) is 25.1 Å². The number of hydrogen-bond acceptors (Lipinski definition) is 3. The number of halogens is 1. The van der Waals surface area contributed by atoms with Crippen molar-refractivity contribution in [2.45, 2.75) is 13.5 Å². The van der Waals surface area contributed by atoms with E-state index in [2.05, 4.69) is 10.6 Å². The van der Waals surface area contributed by atoms with Gasteiger partial charge in [-0.2, -0.15) is 0 Å². The molecule has 0 spiro atoms. The zero-order chi connectivity index (χ0) is 16.7. The van der Waals surface area contributed by atoms with E-state index in [0.717, 1.165) is 11.3 Å². The molecule has 4 nitrogen and oxygen atoms in total. The Morgan fingerprint density at radius 1 is 1.13 bits per heavy atom. The first-order chi connectivity index (χ1) is 11.1. The van der Waals surface area contributed by atoms with Crippen LogP contribution in [0.3, 0.4) is 0 Å². The maximum Gasteiger partial charge on any atom is 0.171 e. The van der Waals surface area contributed by atoms with Crippen molar-refractivity contribution in [3.05, 3.63) is 53.8 Å². The normalized spacial score (nSPS) is 10.0. The SMILES string of the molecule is CCOc1ccc(NC(=S)NCc2ccc(F)cc2)cc1OC.